The summed E-state index contributed by atoms with van der Waals surface area (Å²) in [5, 5.41) is 0. The molecule has 1 atom stereocenters. The summed E-state index contributed by atoms with van der Waals surface area (Å²) in [6.45, 7) is 5.56. The molecule has 3 nitrogen and oxygen atoms in total. The molecular formula is C6H14O3P. The predicted octanol–water partition coefficient (Wildman–Crippen LogP) is 1.82. The van der Waals surface area contributed by atoms with Crippen LogP contribution in [0.3, 0.4) is 0 Å². The van der Waals surface area contributed by atoms with Crippen molar-refractivity contribution in [2.75, 3.05) is 12.8 Å². The van der Waals surface area contributed by atoms with Crippen molar-refractivity contribution in [3.05, 3.63) is 6.92 Å². The second-order valence-electron chi connectivity index (χ2n) is 1.99. The highest BCUT2D eigenvalue weighted by atomic mass is 31.2. The van der Waals surface area contributed by atoms with Crippen molar-refractivity contribution in [1.82, 2.24) is 0 Å². The van der Waals surface area contributed by atoms with Gasteiger partial charge in [-0.3, -0.25) is 4.57 Å². The largest absolute Gasteiger partial charge is 0.328 e. The standard InChI is InChI=1S/C6H14O3P/c1-3-5-6-10(7,8)9-4-2/h1,3-6H2,2H3,(H,7,8). The Bertz CT molecular complexity index is 124. The molecule has 0 aliphatic rings. The van der Waals surface area contributed by atoms with E-state index in [1.165, 1.54) is 0 Å². The number of unbranched alkanes of at least 4 members (excludes halogenated alkanes) is 1. The third kappa shape index (κ3) is 4.98. The molecule has 10 heavy (non-hydrogen) atoms. The fourth-order valence-electron chi connectivity index (χ4n) is 0.578. The van der Waals surface area contributed by atoms with Crippen molar-refractivity contribution in [3.8, 4) is 0 Å². The predicted molar refractivity (Wildman–Crippen MR) is 40.9 cm³/mol. The smallest absolute Gasteiger partial charge is 0.324 e. The molecular weight excluding hydrogens is 151 g/mol. The molecule has 0 saturated carbocycles. The normalized spacial score (nSPS) is 16.7. The Kier molecular flexibility index (Phi) is 4.96. The fourth-order valence-corrected chi connectivity index (χ4v) is 1.73. The molecule has 4 heteroatoms. The molecule has 0 aromatic rings. The molecule has 61 valence electrons. The van der Waals surface area contributed by atoms with Gasteiger partial charge in [-0.2, -0.15) is 0 Å². The zero-order valence-corrected chi connectivity index (χ0v) is 7.14. The van der Waals surface area contributed by atoms with Gasteiger partial charge in [-0.1, -0.05) is 13.3 Å². The van der Waals surface area contributed by atoms with E-state index < -0.39 is 7.60 Å². The maximum Gasteiger partial charge on any atom is 0.328 e. The molecule has 0 spiro atoms. The number of hydrogen-bond donors (Lipinski definition) is 1. The van der Waals surface area contributed by atoms with Crippen molar-refractivity contribution in [2.24, 2.45) is 0 Å². The van der Waals surface area contributed by atoms with Crippen LogP contribution in [-0.4, -0.2) is 17.7 Å². The van der Waals surface area contributed by atoms with Crippen molar-refractivity contribution < 1.29 is 14.0 Å². The van der Waals surface area contributed by atoms with Crippen LogP contribution in [-0.2, 0) is 9.09 Å². The number of hydrogen-bond acceptors (Lipinski definition) is 2. The molecule has 0 amide bonds. The molecule has 0 rings (SSSR count). The van der Waals surface area contributed by atoms with Crippen LogP contribution >= 0.6 is 7.60 Å². The maximum absolute atomic E-state index is 10.9. The van der Waals surface area contributed by atoms with Crippen LogP contribution in [0, 0.1) is 6.92 Å². The lowest BCUT2D eigenvalue weighted by molar-refractivity contribution is 0.273. The second-order valence-corrected chi connectivity index (χ2v) is 3.97. The molecule has 0 heterocycles. The molecule has 0 saturated heterocycles. The van der Waals surface area contributed by atoms with E-state index >= 15 is 0 Å². The molecule has 1 radical (unpaired) electrons. The van der Waals surface area contributed by atoms with E-state index in [0.717, 1.165) is 0 Å². The summed E-state index contributed by atoms with van der Waals surface area (Å²) >= 11 is 0. The van der Waals surface area contributed by atoms with Crippen molar-refractivity contribution in [1.29, 1.82) is 0 Å². The Hall–Kier alpha value is 0.150. The van der Waals surface area contributed by atoms with Crippen LogP contribution in [0.2, 0.25) is 0 Å². The maximum atomic E-state index is 10.9. The van der Waals surface area contributed by atoms with Gasteiger partial charge in [0.15, 0.2) is 0 Å². The average molecular weight is 165 g/mol. The first-order valence-electron chi connectivity index (χ1n) is 3.38. The van der Waals surface area contributed by atoms with Gasteiger partial charge in [0.05, 0.1) is 6.61 Å². The summed E-state index contributed by atoms with van der Waals surface area (Å²) in [6, 6.07) is 0. The first-order chi connectivity index (χ1) is 4.62. The molecule has 0 aliphatic heterocycles. The van der Waals surface area contributed by atoms with E-state index in [4.69, 9.17) is 4.89 Å². The van der Waals surface area contributed by atoms with Gasteiger partial charge in [-0.05, 0) is 13.3 Å². The van der Waals surface area contributed by atoms with Gasteiger partial charge >= 0.3 is 7.60 Å². The van der Waals surface area contributed by atoms with Gasteiger partial charge in [-0.15, -0.1) is 0 Å². The highest BCUT2D eigenvalue weighted by molar-refractivity contribution is 7.52. The van der Waals surface area contributed by atoms with E-state index in [2.05, 4.69) is 11.4 Å². The van der Waals surface area contributed by atoms with Gasteiger partial charge in [0.2, 0.25) is 0 Å². The quantitative estimate of drug-likeness (QED) is 0.632. The third-order valence-corrected chi connectivity index (χ3v) is 2.56. The van der Waals surface area contributed by atoms with Crippen molar-refractivity contribution in [2.45, 2.75) is 19.8 Å². The van der Waals surface area contributed by atoms with Gasteiger partial charge in [0, 0.05) is 6.16 Å². The fraction of sp³-hybridized carbons (Fsp3) is 0.833. The van der Waals surface area contributed by atoms with Gasteiger partial charge in [-0.25, -0.2) is 0 Å². The van der Waals surface area contributed by atoms with Crippen molar-refractivity contribution >= 4 is 7.60 Å². The summed E-state index contributed by atoms with van der Waals surface area (Å²) < 4.78 is 15.5. The summed E-state index contributed by atoms with van der Waals surface area (Å²) in [4.78, 5) is 8.95. The molecule has 1 N–H and O–H groups in total. The van der Waals surface area contributed by atoms with Crippen LogP contribution in [0.4, 0.5) is 0 Å². The van der Waals surface area contributed by atoms with Gasteiger partial charge in [0.25, 0.3) is 0 Å². The van der Waals surface area contributed by atoms with E-state index in [0.29, 0.717) is 19.4 Å². The van der Waals surface area contributed by atoms with E-state index in [1.54, 1.807) is 6.92 Å². The van der Waals surface area contributed by atoms with Gasteiger partial charge < -0.3 is 9.42 Å². The van der Waals surface area contributed by atoms with Crippen LogP contribution in [0.1, 0.15) is 19.8 Å². The summed E-state index contributed by atoms with van der Waals surface area (Å²) in [6.07, 6.45) is 1.55. The Morgan fingerprint density at radius 3 is 2.70 bits per heavy atom. The molecule has 0 aromatic heterocycles. The lowest BCUT2D eigenvalue weighted by Gasteiger charge is -2.08. The zero-order valence-electron chi connectivity index (χ0n) is 6.25. The van der Waals surface area contributed by atoms with E-state index in [1.807, 2.05) is 0 Å². The van der Waals surface area contributed by atoms with E-state index in [9.17, 15) is 4.57 Å². The van der Waals surface area contributed by atoms with Crippen LogP contribution in [0.15, 0.2) is 0 Å². The zero-order chi connectivity index (χ0) is 8.04. The first-order valence-corrected chi connectivity index (χ1v) is 5.14. The Morgan fingerprint density at radius 1 is 1.70 bits per heavy atom. The molecule has 0 fully saturated rings. The van der Waals surface area contributed by atoms with E-state index in [-0.39, 0.29) is 6.16 Å². The summed E-state index contributed by atoms with van der Waals surface area (Å²) in [5.41, 5.74) is 0. The highest BCUT2D eigenvalue weighted by Gasteiger charge is 2.16. The lowest BCUT2D eigenvalue weighted by Crippen LogP contribution is -1.93. The SMILES string of the molecule is [CH2]CCCP(=O)(O)OCC. The molecule has 1 unspecified atom stereocenters. The second kappa shape index (κ2) is 4.89. The minimum Gasteiger partial charge on any atom is -0.324 e. The molecule has 0 bridgehead atoms. The minimum atomic E-state index is -3.25. The monoisotopic (exact) mass is 165 g/mol. The van der Waals surface area contributed by atoms with Crippen LogP contribution < -0.4 is 0 Å². The van der Waals surface area contributed by atoms with Gasteiger partial charge in [0.1, 0.15) is 0 Å². The van der Waals surface area contributed by atoms with Crippen molar-refractivity contribution in [3.63, 3.8) is 0 Å². The first kappa shape index (κ1) is 10.2. The number of rotatable bonds is 5. The molecule has 0 aromatic carbocycles. The summed E-state index contributed by atoms with van der Waals surface area (Å²) in [7, 11) is -3.25. The van der Waals surface area contributed by atoms with Crippen LogP contribution in [0.25, 0.3) is 0 Å². The Labute approximate surface area is 61.9 Å². The topological polar surface area (TPSA) is 46.5 Å². The third-order valence-electron chi connectivity index (χ3n) is 1.02. The average Bonchev–Trinajstić information content (AvgIpc) is 1.84. The lowest BCUT2D eigenvalue weighted by atomic mass is 10.4. The minimum absolute atomic E-state index is 0.227. The summed E-state index contributed by atoms with van der Waals surface area (Å²) in [5.74, 6) is 0. The molecule has 0 aliphatic carbocycles. The highest BCUT2D eigenvalue weighted by Crippen LogP contribution is 2.42. The van der Waals surface area contributed by atoms with Crippen LogP contribution in [0.5, 0.6) is 0 Å². The Morgan fingerprint density at radius 2 is 2.30 bits per heavy atom. The Balaban J connectivity index is 3.53.